The summed E-state index contributed by atoms with van der Waals surface area (Å²) in [4.78, 5) is 29.6. The van der Waals surface area contributed by atoms with Gasteiger partial charge in [-0.1, -0.05) is 18.5 Å². The van der Waals surface area contributed by atoms with Crippen molar-refractivity contribution in [1.29, 1.82) is 0 Å². The van der Waals surface area contributed by atoms with Gasteiger partial charge in [0.1, 0.15) is 11.4 Å². The van der Waals surface area contributed by atoms with Gasteiger partial charge in [0.25, 0.3) is 11.6 Å². The van der Waals surface area contributed by atoms with Crippen molar-refractivity contribution in [2.45, 2.75) is 19.4 Å². The lowest BCUT2D eigenvalue weighted by molar-refractivity contribution is -0.385. The number of carbonyl (C=O) groups is 1. The van der Waals surface area contributed by atoms with Gasteiger partial charge in [-0.15, -0.1) is 0 Å². The molecule has 0 radical (unpaired) electrons. The maximum Gasteiger partial charge on any atom is 0.283 e. The lowest BCUT2D eigenvalue weighted by atomic mass is 10.1. The number of carbonyl (C=O) groups excluding carboxylic acids is 1. The molecule has 0 aliphatic heterocycles. The summed E-state index contributed by atoms with van der Waals surface area (Å²) in [6.45, 7) is 1.88. The van der Waals surface area contributed by atoms with Crippen LogP contribution >= 0.6 is 11.6 Å². The van der Waals surface area contributed by atoms with E-state index in [9.17, 15) is 14.9 Å². The average molecular weight is 309 g/mol. The monoisotopic (exact) mass is 308 g/mol. The molecule has 0 aliphatic carbocycles. The topological polar surface area (TPSA) is 101 Å². The zero-order chi connectivity index (χ0) is 15.4. The molecular formula is C13H13ClN4O3. The van der Waals surface area contributed by atoms with Crippen LogP contribution in [0.15, 0.2) is 30.6 Å². The van der Waals surface area contributed by atoms with Gasteiger partial charge < -0.3 is 10.3 Å². The maximum absolute atomic E-state index is 12.2. The number of aromatic nitrogens is 2. The Labute approximate surface area is 125 Å². The Kier molecular flexibility index (Phi) is 4.54. The number of H-pyrrole nitrogens is 1. The van der Waals surface area contributed by atoms with Gasteiger partial charge in [-0.2, -0.15) is 0 Å². The number of nitro benzene ring substituents is 1. The number of benzene rings is 1. The van der Waals surface area contributed by atoms with Gasteiger partial charge in [-0.25, -0.2) is 4.98 Å². The molecule has 110 valence electrons. The van der Waals surface area contributed by atoms with Crippen molar-refractivity contribution in [3.63, 3.8) is 0 Å². The fourth-order valence-electron chi connectivity index (χ4n) is 1.92. The highest BCUT2D eigenvalue weighted by atomic mass is 35.5. The molecule has 1 aromatic carbocycles. The summed E-state index contributed by atoms with van der Waals surface area (Å²) in [5.41, 5.74) is -0.358. The van der Waals surface area contributed by atoms with Gasteiger partial charge in [0, 0.05) is 23.5 Å². The van der Waals surface area contributed by atoms with Crippen molar-refractivity contribution in [3.8, 4) is 0 Å². The fourth-order valence-corrected chi connectivity index (χ4v) is 2.08. The number of aromatic amines is 1. The van der Waals surface area contributed by atoms with Gasteiger partial charge in [-0.05, 0) is 18.6 Å². The van der Waals surface area contributed by atoms with Crippen LogP contribution in [0.3, 0.4) is 0 Å². The molecule has 2 N–H and O–H groups in total. The van der Waals surface area contributed by atoms with E-state index in [-0.39, 0.29) is 22.3 Å². The summed E-state index contributed by atoms with van der Waals surface area (Å²) >= 11 is 5.73. The van der Waals surface area contributed by atoms with Crippen LogP contribution in [0.5, 0.6) is 0 Å². The van der Waals surface area contributed by atoms with Crippen LogP contribution in [0.1, 0.15) is 35.6 Å². The number of imidazole rings is 1. The van der Waals surface area contributed by atoms with Gasteiger partial charge in [0.05, 0.1) is 11.0 Å². The number of nitrogens with zero attached hydrogens (tertiary/aromatic N) is 2. The van der Waals surface area contributed by atoms with Crippen LogP contribution in [0.4, 0.5) is 5.69 Å². The number of halogens is 1. The first-order valence-electron chi connectivity index (χ1n) is 6.27. The molecule has 0 fully saturated rings. The van der Waals surface area contributed by atoms with E-state index >= 15 is 0 Å². The van der Waals surface area contributed by atoms with Crippen LogP contribution < -0.4 is 5.32 Å². The van der Waals surface area contributed by atoms with E-state index in [2.05, 4.69) is 15.3 Å². The minimum Gasteiger partial charge on any atom is -0.347 e. The summed E-state index contributed by atoms with van der Waals surface area (Å²) in [6, 6.07) is 3.59. The number of hydrogen-bond acceptors (Lipinski definition) is 4. The first kappa shape index (κ1) is 15.0. The van der Waals surface area contributed by atoms with E-state index in [1.807, 2.05) is 6.92 Å². The highest BCUT2D eigenvalue weighted by molar-refractivity contribution is 6.31. The molecule has 1 amide bonds. The van der Waals surface area contributed by atoms with Crippen molar-refractivity contribution in [2.75, 3.05) is 0 Å². The third-order valence-electron chi connectivity index (χ3n) is 2.96. The molecule has 1 unspecified atom stereocenters. The Morgan fingerprint density at radius 3 is 2.90 bits per heavy atom. The second-order valence-corrected chi connectivity index (χ2v) is 4.76. The molecule has 0 saturated carbocycles. The zero-order valence-electron chi connectivity index (χ0n) is 11.2. The third kappa shape index (κ3) is 3.38. The minimum absolute atomic E-state index is 0.0330. The molecule has 21 heavy (non-hydrogen) atoms. The molecule has 1 heterocycles. The number of nitro groups is 1. The molecule has 0 saturated heterocycles. The normalized spacial score (nSPS) is 11.9. The summed E-state index contributed by atoms with van der Waals surface area (Å²) in [7, 11) is 0. The number of hydrogen-bond donors (Lipinski definition) is 2. The van der Waals surface area contributed by atoms with E-state index in [1.165, 1.54) is 12.1 Å². The lowest BCUT2D eigenvalue weighted by Gasteiger charge is -2.14. The molecule has 2 rings (SSSR count). The molecule has 1 atom stereocenters. The molecule has 0 aliphatic rings. The van der Waals surface area contributed by atoms with E-state index in [4.69, 9.17) is 11.6 Å². The van der Waals surface area contributed by atoms with Gasteiger partial charge in [-0.3, -0.25) is 14.9 Å². The second-order valence-electron chi connectivity index (χ2n) is 4.33. The summed E-state index contributed by atoms with van der Waals surface area (Å²) < 4.78 is 0. The fraction of sp³-hybridized carbons (Fsp3) is 0.231. The Hall–Kier alpha value is -2.41. The maximum atomic E-state index is 12.2. The molecule has 7 nitrogen and oxygen atoms in total. The number of rotatable bonds is 5. The Balaban J connectivity index is 2.26. The highest BCUT2D eigenvalue weighted by Gasteiger charge is 2.23. The zero-order valence-corrected chi connectivity index (χ0v) is 11.9. The Bertz CT molecular complexity index is 657. The second kappa shape index (κ2) is 6.36. The quantitative estimate of drug-likeness (QED) is 0.655. The SMILES string of the molecule is CCC(NC(=O)c1ccc(Cl)cc1[N+](=O)[O-])c1ncc[nH]1. The number of nitrogens with one attached hydrogen (secondary N) is 2. The van der Waals surface area contributed by atoms with Crippen LogP contribution in [-0.2, 0) is 0 Å². The van der Waals surface area contributed by atoms with E-state index in [0.717, 1.165) is 6.07 Å². The van der Waals surface area contributed by atoms with Crippen LogP contribution in [0.25, 0.3) is 0 Å². The van der Waals surface area contributed by atoms with Gasteiger partial charge in [0.2, 0.25) is 0 Å². The van der Waals surface area contributed by atoms with E-state index in [0.29, 0.717) is 12.2 Å². The summed E-state index contributed by atoms with van der Waals surface area (Å²) in [5.74, 6) is 0.0593. The van der Waals surface area contributed by atoms with Crippen LogP contribution in [0.2, 0.25) is 5.02 Å². The average Bonchev–Trinajstić information content (AvgIpc) is 2.98. The summed E-state index contributed by atoms with van der Waals surface area (Å²) in [6.07, 6.45) is 3.82. The highest BCUT2D eigenvalue weighted by Crippen LogP contribution is 2.24. The Morgan fingerprint density at radius 1 is 1.57 bits per heavy atom. The molecular weight excluding hydrogens is 296 g/mol. The third-order valence-corrected chi connectivity index (χ3v) is 3.20. The predicted octanol–water partition coefficient (Wildman–Crippen LogP) is 2.85. The van der Waals surface area contributed by atoms with Crippen LogP contribution in [0, 0.1) is 10.1 Å². The molecule has 0 bridgehead atoms. The van der Waals surface area contributed by atoms with Crippen molar-refractivity contribution in [1.82, 2.24) is 15.3 Å². The van der Waals surface area contributed by atoms with E-state index < -0.39 is 10.8 Å². The molecule has 8 heteroatoms. The van der Waals surface area contributed by atoms with Gasteiger partial charge in [0.15, 0.2) is 0 Å². The largest absolute Gasteiger partial charge is 0.347 e. The minimum atomic E-state index is -0.630. The van der Waals surface area contributed by atoms with Crippen molar-refractivity contribution in [2.24, 2.45) is 0 Å². The lowest BCUT2D eigenvalue weighted by Crippen LogP contribution is -2.29. The van der Waals surface area contributed by atoms with Crippen molar-refractivity contribution in [3.05, 3.63) is 57.1 Å². The first-order valence-corrected chi connectivity index (χ1v) is 6.64. The smallest absolute Gasteiger partial charge is 0.283 e. The summed E-state index contributed by atoms with van der Waals surface area (Å²) in [5, 5.41) is 13.9. The number of amides is 1. The van der Waals surface area contributed by atoms with Gasteiger partial charge >= 0.3 is 0 Å². The van der Waals surface area contributed by atoms with Crippen molar-refractivity contribution < 1.29 is 9.72 Å². The van der Waals surface area contributed by atoms with Crippen LogP contribution in [-0.4, -0.2) is 20.8 Å². The Morgan fingerprint density at radius 2 is 2.33 bits per heavy atom. The predicted molar refractivity (Wildman–Crippen MR) is 77.2 cm³/mol. The van der Waals surface area contributed by atoms with E-state index in [1.54, 1.807) is 12.4 Å². The van der Waals surface area contributed by atoms with Crippen molar-refractivity contribution >= 4 is 23.2 Å². The molecule has 1 aromatic heterocycles. The molecule has 2 aromatic rings. The first-order chi connectivity index (χ1) is 10.0. The standard InChI is InChI=1S/C13H13ClN4O3/c1-2-10(12-15-5-6-16-12)17-13(19)9-4-3-8(14)7-11(9)18(20)21/h3-7,10H,2H2,1H3,(H,15,16)(H,17,19). The molecule has 0 spiro atoms.